The third-order valence-electron chi connectivity index (χ3n) is 1.54. The van der Waals surface area contributed by atoms with Crippen LogP contribution in [0.1, 0.15) is 11.1 Å². The average molecular weight is 147 g/mol. The van der Waals surface area contributed by atoms with Gasteiger partial charge in [0.2, 0.25) is 0 Å². The second-order valence-corrected chi connectivity index (χ2v) is 2.25. The fourth-order valence-corrected chi connectivity index (χ4v) is 0.936. The van der Waals surface area contributed by atoms with Crippen molar-refractivity contribution < 1.29 is 0 Å². The molecule has 0 bridgehead atoms. The van der Waals surface area contributed by atoms with Crippen molar-refractivity contribution >= 4 is 5.69 Å². The molecule has 0 fully saturated rings. The first-order valence-corrected chi connectivity index (χ1v) is 3.26. The van der Waals surface area contributed by atoms with E-state index < -0.39 is 0 Å². The minimum Gasteiger partial charge on any atom is -0.323 e. The zero-order valence-electron chi connectivity index (χ0n) is 6.26. The van der Waals surface area contributed by atoms with Crippen LogP contribution in [0.5, 0.6) is 0 Å². The zero-order chi connectivity index (χ0) is 8.27. The molecule has 0 aliphatic carbocycles. The fourth-order valence-electron chi connectivity index (χ4n) is 0.936. The van der Waals surface area contributed by atoms with E-state index in [0.717, 1.165) is 5.56 Å². The highest BCUT2D eigenvalue weighted by atomic mass is 15.2. The standard InChI is InChI=1S/C8H9N3/c1-6-3-2-4-8(11-10)7(6)5-9/h2-4,11H,10H2,1H3. The Labute approximate surface area is 65.4 Å². The normalized spacial score (nSPS) is 8.82. The van der Waals surface area contributed by atoms with Gasteiger partial charge in [0.05, 0.1) is 11.3 Å². The third kappa shape index (κ3) is 1.31. The van der Waals surface area contributed by atoms with Crippen LogP contribution in [0.25, 0.3) is 0 Å². The van der Waals surface area contributed by atoms with E-state index in [4.69, 9.17) is 11.1 Å². The molecule has 1 rings (SSSR count). The molecule has 0 saturated carbocycles. The maximum atomic E-state index is 8.68. The lowest BCUT2D eigenvalue weighted by atomic mass is 10.1. The molecule has 3 N–H and O–H groups in total. The van der Waals surface area contributed by atoms with Crippen LogP contribution in [0.15, 0.2) is 18.2 Å². The largest absolute Gasteiger partial charge is 0.323 e. The van der Waals surface area contributed by atoms with Crippen LogP contribution < -0.4 is 11.3 Å². The molecule has 0 spiro atoms. The molecule has 0 saturated heterocycles. The molecule has 3 nitrogen and oxygen atoms in total. The van der Waals surface area contributed by atoms with Crippen LogP contribution in [0.2, 0.25) is 0 Å². The number of nitrogens with two attached hydrogens (primary N) is 1. The van der Waals surface area contributed by atoms with Crippen molar-refractivity contribution in [2.45, 2.75) is 6.92 Å². The number of nitriles is 1. The fraction of sp³-hybridized carbons (Fsp3) is 0.125. The minimum atomic E-state index is 0.606. The van der Waals surface area contributed by atoms with E-state index in [-0.39, 0.29) is 0 Å². The number of benzene rings is 1. The summed E-state index contributed by atoms with van der Waals surface area (Å²) < 4.78 is 0. The molecule has 3 heteroatoms. The van der Waals surface area contributed by atoms with E-state index in [1.807, 2.05) is 19.1 Å². The van der Waals surface area contributed by atoms with Gasteiger partial charge in [0.25, 0.3) is 0 Å². The van der Waals surface area contributed by atoms with E-state index in [0.29, 0.717) is 11.3 Å². The minimum absolute atomic E-state index is 0.606. The molecule has 0 unspecified atom stereocenters. The summed E-state index contributed by atoms with van der Waals surface area (Å²) in [6.07, 6.45) is 0. The maximum Gasteiger partial charge on any atom is 0.102 e. The first kappa shape index (κ1) is 7.58. The van der Waals surface area contributed by atoms with Gasteiger partial charge in [-0.05, 0) is 18.6 Å². The second-order valence-electron chi connectivity index (χ2n) is 2.25. The van der Waals surface area contributed by atoms with E-state index in [1.54, 1.807) is 6.07 Å². The van der Waals surface area contributed by atoms with E-state index in [2.05, 4.69) is 11.5 Å². The van der Waals surface area contributed by atoms with Crippen molar-refractivity contribution in [3.8, 4) is 6.07 Å². The SMILES string of the molecule is Cc1cccc(NN)c1C#N. The average Bonchev–Trinajstić information content (AvgIpc) is 2.04. The Morgan fingerprint density at radius 1 is 1.55 bits per heavy atom. The number of aryl methyl sites for hydroxylation is 1. The van der Waals surface area contributed by atoms with Crippen LogP contribution in [0.3, 0.4) is 0 Å². The summed E-state index contributed by atoms with van der Waals surface area (Å²) >= 11 is 0. The van der Waals surface area contributed by atoms with Gasteiger partial charge >= 0.3 is 0 Å². The molecule has 1 aromatic carbocycles. The molecular weight excluding hydrogens is 138 g/mol. The molecule has 1 aromatic rings. The van der Waals surface area contributed by atoms with Crippen LogP contribution in [-0.2, 0) is 0 Å². The highest BCUT2D eigenvalue weighted by Gasteiger charge is 2.01. The van der Waals surface area contributed by atoms with E-state index >= 15 is 0 Å². The lowest BCUT2D eigenvalue weighted by Gasteiger charge is -2.03. The highest BCUT2D eigenvalue weighted by molar-refractivity contribution is 5.59. The van der Waals surface area contributed by atoms with Crippen molar-refractivity contribution in [2.24, 2.45) is 5.84 Å². The van der Waals surface area contributed by atoms with Gasteiger partial charge in [-0.25, -0.2) is 0 Å². The third-order valence-corrected chi connectivity index (χ3v) is 1.54. The monoisotopic (exact) mass is 147 g/mol. The lowest BCUT2D eigenvalue weighted by molar-refractivity contribution is 1.30. The number of nitrogen functional groups attached to an aromatic ring is 1. The second kappa shape index (κ2) is 3.04. The summed E-state index contributed by atoms with van der Waals surface area (Å²) in [4.78, 5) is 0. The molecule has 0 aliphatic rings. The Balaban J connectivity index is 3.27. The number of hydrogen-bond donors (Lipinski definition) is 2. The topological polar surface area (TPSA) is 61.8 Å². The van der Waals surface area contributed by atoms with Crippen LogP contribution in [0, 0.1) is 18.3 Å². The van der Waals surface area contributed by atoms with Crippen molar-refractivity contribution in [1.82, 2.24) is 0 Å². The Morgan fingerprint density at radius 3 is 2.73 bits per heavy atom. The Kier molecular flexibility index (Phi) is 2.09. The van der Waals surface area contributed by atoms with E-state index in [1.165, 1.54) is 0 Å². The molecule has 0 amide bonds. The number of rotatable bonds is 1. The molecule has 0 heterocycles. The van der Waals surface area contributed by atoms with Gasteiger partial charge in [0.1, 0.15) is 6.07 Å². The number of nitrogens with zero attached hydrogens (tertiary/aromatic N) is 1. The molecule has 11 heavy (non-hydrogen) atoms. The number of hydrazine groups is 1. The number of hydrogen-bond acceptors (Lipinski definition) is 3. The van der Waals surface area contributed by atoms with Crippen LogP contribution >= 0.6 is 0 Å². The van der Waals surface area contributed by atoms with Crippen molar-refractivity contribution in [3.63, 3.8) is 0 Å². The first-order valence-electron chi connectivity index (χ1n) is 3.26. The summed E-state index contributed by atoms with van der Waals surface area (Å²) in [6.45, 7) is 1.87. The molecule has 0 radical (unpaired) electrons. The van der Waals surface area contributed by atoms with Gasteiger partial charge in [-0.1, -0.05) is 12.1 Å². The summed E-state index contributed by atoms with van der Waals surface area (Å²) in [5.74, 6) is 5.19. The first-order chi connectivity index (χ1) is 5.29. The molecule has 0 aromatic heterocycles. The number of nitrogens with one attached hydrogen (secondary N) is 1. The molecule has 0 aliphatic heterocycles. The quantitative estimate of drug-likeness (QED) is 0.462. The van der Waals surface area contributed by atoms with Crippen molar-refractivity contribution in [1.29, 1.82) is 5.26 Å². The summed E-state index contributed by atoms with van der Waals surface area (Å²) in [5, 5.41) is 8.68. The molecule has 56 valence electrons. The van der Waals surface area contributed by atoms with Crippen LogP contribution in [0.4, 0.5) is 5.69 Å². The Morgan fingerprint density at radius 2 is 2.27 bits per heavy atom. The number of anilines is 1. The van der Waals surface area contributed by atoms with Crippen molar-refractivity contribution in [3.05, 3.63) is 29.3 Å². The van der Waals surface area contributed by atoms with Gasteiger partial charge < -0.3 is 5.43 Å². The summed E-state index contributed by atoms with van der Waals surface area (Å²) in [5.41, 5.74) is 4.68. The predicted molar refractivity (Wildman–Crippen MR) is 43.7 cm³/mol. The van der Waals surface area contributed by atoms with Crippen LogP contribution in [-0.4, -0.2) is 0 Å². The molecular formula is C8H9N3. The zero-order valence-corrected chi connectivity index (χ0v) is 6.26. The van der Waals surface area contributed by atoms with Gasteiger partial charge in [-0.2, -0.15) is 5.26 Å². The van der Waals surface area contributed by atoms with E-state index in [9.17, 15) is 0 Å². The Hall–Kier alpha value is -1.53. The summed E-state index contributed by atoms with van der Waals surface area (Å²) in [7, 11) is 0. The maximum absolute atomic E-state index is 8.68. The highest BCUT2D eigenvalue weighted by Crippen LogP contribution is 2.16. The lowest BCUT2D eigenvalue weighted by Crippen LogP contribution is -2.08. The van der Waals surface area contributed by atoms with Gasteiger partial charge in [-0.3, -0.25) is 5.84 Å². The molecule has 0 atom stereocenters. The van der Waals surface area contributed by atoms with Gasteiger partial charge in [0, 0.05) is 0 Å². The Bertz CT molecular complexity index is 299. The van der Waals surface area contributed by atoms with Gasteiger partial charge in [-0.15, -0.1) is 0 Å². The van der Waals surface area contributed by atoms with Crippen molar-refractivity contribution in [2.75, 3.05) is 5.43 Å². The smallest absolute Gasteiger partial charge is 0.102 e. The summed E-state index contributed by atoms with van der Waals surface area (Å²) in [6, 6.07) is 7.57. The van der Waals surface area contributed by atoms with Gasteiger partial charge in [0.15, 0.2) is 0 Å². The predicted octanol–water partition coefficient (Wildman–Crippen LogP) is 1.15.